The van der Waals surface area contributed by atoms with Gasteiger partial charge in [-0.25, -0.2) is 9.78 Å². The number of ether oxygens (including phenoxy) is 1. The lowest BCUT2D eigenvalue weighted by Crippen LogP contribution is -2.11. The van der Waals surface area contributed by atoms with Crippen LogP contribution in [0.2, 0.25) is 0 Å². The zero-order chi connectivity index (χ0) is 17.3. The Morgan fingerprint density at radius 1 is 1.17 bits per heavy atom. The second kappa shape index (κ2) is 6.70. The number of nitrogens with zero attached hydrogens (tertiary/aromatic N) is 1. The first-order valence-electron chi connectivity index (χ1n) is 7.44. The maximum Gasteiger partial charge on any atom is 0.348 e. The molecule has 0 aliphatic heterocycles. The third-order valence-electron chi connectivity index (χ3n) is 3.47. The quantitative estimate of drug-likeness (QED) is 0.700. The van der Waals surface area contributed by atoms with Crippen molar-refractivity contribution >= 4 is 49.2 Å². The van der Waals surface area contributed by atoms with Crippen LogP contribution < -0.4 is 5.32 Å². The summed E-state index contributed by atoms with van der Waals surface area (Å²) in [6.07, 6.45) is 0. The Kier molecular flexibility index (Phi) is 4.64. The molecule has 0 saturated carbocycles. The number of aryl methyl sites for hydroxylation is 2. The molecule has 3 rings (SSSR count). The van der Waals surface area contributed by atoms with E-state index in [0.717, 1.165) is 20.7 Å². The zero-order valence-corrected chi connectivity index (χ0v) is 15.1. The lowest BCUT2D eigenvalue weighted by molar-refractivity contribution is 0.0531. The number of benzene rings is 1. The summed E-state index contributed by atoms with van der Waals surface area (Å²) >= 11 is 2.66. The SMILES string of the molecule is CCOC(=O)c1sc2nc(NC(=O)c3ccc(C)cc3)sc2c1C. The lowest BCUT2D eigenvalue weighted by atomic mass is 10.1. The van der Waals surface area contributed by atoms with E-state index >= 15 is 0 Å². The molecule has 0 aliphatic rings. The largest absolute Gasteiger partial charge is 0.462 e. The van der Waals surface area contributed by atoms with E-state index in [1.165, 1.54) is 22.7 Å². The van der Waals surface area contributed by atoms with Crippen LogP contribution in [0.25, 0.3) is 9.53 Å². The number of hydrogen-bond acceptors (Lipinski definition) is 6. The minimum absolute atomic E-state index is 0.195. The first-order valence-corrected chi connectivity index (χ1v) is 9.08. The molecule has 24 heavy (non-hydrogen) atoms. The minimum atomic E-state index is -0.324. The Balaban J connectivity index is 1.82. The molecule has 5 nitrogen and oxygen atoms in total. The highest BCUT2D eigenvalue weighted by molar-refractivity contribution is 7.30. The van der Waals surface area contributed by atoms with Crippen LogP contribution in [0.4, 0.5) is 5.13 Å². The van der Waals surface area contributed by atoms with Gasteiger partial charge in [0.2, 0.25) is 0 Å². The number of thiophene rings is 1. The van der Waals surface area contributed by atoms with E-state index in [1.54, 1.807) is 19.1 Å². The number of aromatic nitrogens is 1. The summed E-state index contributed by atoms with van der Waals surface area (Å²) in [5, 5.41) is 3.34. The van der Waals surface area contributed by atoms with Gasteiger partial charge in [0, 0.05) is 5.56 Å². The number of hydrogen-bond donors (Lipinski definition) is 1. The van der Waals surface area contributed by atoms with Crippen LogP contribution in [0.1, 0.15) is 38.1 Å². The Morgan fingerprint density at radius 2 is 1.88 bits per heavy atom. The van der Waals surface area contributed by atoms with Gasteiger partial charge >= 0.3 is 5.97 Å². The van der Waals surface area contributed by atoms with Crippen molar-refractivity contribution < 1.29 is 14.3 Å². The predicted molar refractivity (Wildman–Crippen MR) is 97.3 cm³/mol. The van der Waals surface area contributed by atoms with Gasteiger partial charge in [-0.15, -0.1) is 11.3 Å². The minimum Gasteiger partial charge on any atom is -0.462 e. The highest BCUT2D eigenvalue weighted by atomic mass is 32.1. The van der Waals surface area contributed by atoms with Crippen LogP contribution in [0.15, 0.2) is 24.3 Å². The molecule has 0 radical (unpaired) electrons. The molecule has 7 heteroatoms. The van der Waals surface area contributed by atoms with Crippen molar-refractivity contribution in [1.29, 1.82) is 0 Å². The monoisotopic (exact) mass is 360 g/mol. The van der Waals surface area contributed by atoms with E-state index in [-0.39, 0.29) is 11.9 Å². The fourth-order valence-electron chi connectivity index (χ4n) is 2.21. The van der Waals surface area contributed by atoms with Crippen LogP contribution in [0.3, 0.4) is 0 Å². The molecule has 0 aliphatic carbocycles. The Bertz CT molecular complexity index is 910. The third kappa shape index (κ3) is 3.18. The van der Waals surface area contributed by atoms with E-state index in [0.29, 0.717) is 22.2 Å². The molecule has 2 heterocycles. The van der Waals surface area contributed by atoms with Gasteiger partial charge in [-0.1, -0.05) is 29.0 Å². The summed E-state index contributed by atoms with van der Waals surface area (Å²) in [6, 6.07) is 7.35. The summed E-state index contributed by atoms with van der Waals surface area (Å²) in [6.45, 7) is 5.96. The first-order chi connectivity index (χ1) is 11.5. The van der Waals surface area contributed by atoms with Gasteiger partial charge in [0.25, 0.3) is 5.91 Å². The standard InChI is InChI=1S/C17H16N2O3S2/c1-4-22-16(21)13-10(3)12-15(23-13)19-17(24-12)18-14(20)11-7-5-9(2)6-8-11/h5-8H,4H2,1-3H3,(H,18,19,20). The molecule has 0 fully saturated rings. The number of amides is 1. The topological polar surface area (TPSA) is 68.3 Å². The van der Waals surface area contributed by atoms with Gasteiger partial charge < -0.3 is 4.74 Å². The first kappa shape index (κ1) is 16.6. The summed E-state index contributed by atoms with van der Waals surface area (Å²) in [5.74, 6) is -0.518. The van der Waals surface area contributed by atoms with E-state index in [2.05, 4.69) is 10.3 Å². The maximum atomic E-state index is 12.3. The van der Waals surface area contributed by atoms with E-state index in [1.807, 2.05) is 26.0 Å². The Morgan fingerprint density at radius 3 is 2.50 bits per heavy atom. The van der Waals surface area contributed by atoms with E-state index in [4.69, 9.17) is 4.74 Å². The number of fused-ring (bicyclic) bond motifs is 1. The van der Waals surface area contributed by atoms with Crippen molar-refractivity contribution in [1.82, 2.24) is 4.98 Å². The summed E-state index contributed by atoms with van der Waals surface area (Å²) < 4.78 is 5.95. The van der Waals surface area contributed by atoms with Crippen molar-refractivity contribution in [3.63, 3.8) is 0 Å². The van der Waals surface area contributed by atoms with Crippen molar-refractivity contribution in [3.05, 3.63) is 45.8 Å². The number of thiazole rings is 1. The van der Waals surface area contributed by atoms with Gasteiger partial charge in [0.15, 0.2) is 5.13 Å². The van der Waals surface area contributed by atoms with Crippen LogP contribution in [-0.4, -0.2) is 23.5 Å². The predicted octanol–water partition coefficient (Wildman–Crippen LogP) is 4.40. The van der Waals surface area contributed by atoms with Crippen LogP contribution in [0.5, 0.6) is 0 Å². The van der Waals surface area contributed by atoms with E-state index < -0.39 is 0 Å². The summed E-state index contributed by atoms with van der Waals surface area (Å²) in [4.78, 5) is 29.9. The average molecular weight is 360 g/mol. The number of anilines is 1. The van der Waals surface area contributed by atoms with Gasteiger partial charge in [0.1, 0.15) is 9.71 Å². The molecule has 2 aromatic heterocycles. The fraction of sp³-hybridized carbons (Fsp3) is 0.235. The van der Waals surface area contributed by atoms with Gasteiger partial charge in [0.05, 0.1) is 11.3 Å². The van der Waals surface area contributed by atoms with Gasteiger partial charge in [-0.05, 0) is 38.5 Å². The number of carbonyl (C=O) groups is 2. The molecule has 0 saturated heterocycles. The maximum absolute atomic E-state index is 12.3. The molecule has 3 aromatic rings. The Labute approximate surface area is 147 Å². The second-order valence-corrected chi connectivity index (χ2v) is 7.25. The fourth-order valence-corrected chi connectivity index (χ4v) is 4.42. The average Bonchev–Trinajstić information content (AvgIpc) is 3.07. The molecule has 1 aromatic carbocycles. The molecular formula is C17H16N2O3S2. The van der Waals surface area contributed by atoms with Crippen LogP contribution in [-0.2, 0) is 4.74 Å². The third-order valence-corrected chi connectivity index (χ3v) is 5.86. The van der Waals surface area contributed by atoms with Crippen molar-refractivity contribution in [2.75, 3.05) is 11.9 Å². The number of carbonyl (C=O) groups excluding carboxylic acids is 2. The molecule has 0 atom stereocenters. The lowest BCUT2D eigenvalue weighted by Gasteiger charge is -2.02. The van der Waals surface area contributed by atoms with Crippen LogP contribution in [0, 0.1) is 13.8 Å². The van der Waals surface area contributed by atoms with Crippen molar-refractivity contribution in [3.8, 4) is 0 Å². The molecular weight excluding hydrogens is 344 g/mol. The van der Waals surface area contributed by atoms with Crippen molar-refractivity contribution in [2.45, 2.75) is 20.8 Å². The van der Waals surface area contributed by atoms with Gasteiger partial charge in [-0.3, -0.25) is 10.1 Å². The van der Waals surface area contributed by atoms with Crippen LogP contribution >= 0.6 is 22.7 Å². The number of nitrogens with one attached hydrogen (secondary N) is 1. The van der Waals surface area contributed by atoms with Crippen molar-refractivity contribution in [2.24, 2.45) is 0 Å². The number of rotatable bonds is 4. The highest BCUT2D eigenvalue weighted by Gasteiger charge is 2.20. The Hall–Kier alpha value is -2.25. The molecule has 1 N–H and O–H groups in total. The molecule has 124 valence electrons. The molecule has 0 spiro atoms. The molecule has 0 unspecified atom stereocenters. The number of esters is 1. The summed E-state index contributed by atoms with van der Waals surface area (Å²) in [7, 11) is 0. The second-order valence-electron chi connectivity index (χ2n) is 5.25. The highest BCUT2D eigenvalue weighted by Crippen LogP contribution is 2.37. The van der Waals surface area contributed by atoms with E-state index in [9.17, 15) is 9.59 Å². The summed E-state index contributed by atoms with van der Waals surface area (Å²) in [5.41, 5.74) is 2.54. The zero-order valence-electron chi connectivity index (χ0n) is 13.5. The normalized spacial score (nSPS) is 10.8. The smallest absolute Gasteiger partial charge is 0.348 e. The molecule has 1 amide bonds. The van der Waals surface area contributed by atoms with Gasteiger partial charge in [-0.2, -0.15) is 0 Å². The molecule has 0 bridgehead atoms.